The second-order valence-electron chi connectivity index (χ2n) is 7.37. The van der Waals surface area contributed by atoms with Crippen molar-refractivity contribution in [1.29, 1.82) is 0 Å². The van der Waals surface area contributed by atoms with Crippen LogP contribution >= 0.6 is 11.3 Å². The maximum Gasteiger partial charge on any atom is 0.0914 e. The fourth-order valence-electron chi connectivity index (χ4n) is 4.17. The molecule has 2 aromatic heterocycles. The Morgan fingerprint density at radius 2 is 1.93 bits per heavy atom. The Hall–Kier alpha value is -2.56. The van der Waals surface area contributed by atoms with Gasteiger partial charge < -0.3 is 4.90 Å². The monoisotopic (exact) mass is 371 g/mol. The number of aromatic nitrogens is 2. The van der Waals surface area contributed by atoms with Crippen molar-refractivity contribution >= 4 is 21.4 Å². The van der Waals surface area contributed by atoms with Gasteiger partial charge in [-0.15, -0.1) is 11.3 Å². The van der Waals surface area contributed by atoms with Gasteiger partial charge in [0.15, 0.2) is 0 Å². The van der Waals surface area contributed by atoms with E-state index in [2.05, 4.69) is 69.8 Å². The first kappa shape index (κ1) is 16.6. The molecule has 0 saturated heterocycles. The number of aryl methyl sites for hydroxylation is 1. The molecule has 134 valence electrons. The van der Waals surface area contributed by atoms with Gasteiger partial charge in [-0.2, -0.15) is 0 Å². The van der Waals surface area contributed by atoms with E-state index in [4.69, 9.17) is 0 Å². The van der Waals surface area contributed by atoms with Gasteiger partial charge in [-0.1, -0.05) is 18.2 Å². The van der Waals surface area contributed by atoms with Gasteiger partial charge >= 0.3 is 0 Å². The van der Waals surface area contributed by atoms with E-state index in [0.29, 0.717) is 5.92 Å². The predicted molar refractivity (Wildman–Crippen MR) is 112 cm³/mol. The van der Waals surface area contributed by atoms with Gasteiger partial charge in [0.05, 0.1) is 11.4 Å². The smallest absolute Gasteiger partial charge is 0.0914 e. The molecule has 0 fully saturated rings. The number of thiophene rings is 1. The van der Waals surface area contributed by atoms with Gasteiger partial charge in [0.1, 0.15) is 0 Å². The molecule has 3 heterocycles. The standard InChI is InChI=1S/C23H21N3S/c1-15-23(25-9-8-24-15)18-3-5-20-19(12-18)13-26(2)14-21(20)16-4-6-22-17(11-16)7-10-27-22/h3-12,21H,13-14H2,1-2H3. The zero-order chi connectivity index (χ0) is 18.4. The van der Waals surface area contributed by atoms with Gasteiger partial charge in [0, 0.05) is 41.7 Å². The zero-order valence-electron chi connectivity index (χ0n) is 15.5. The van der Waals surface area contributed by atoms with Gasteiger partial charge in [0.2, 0.25) is 0 Å². The molecule has 4 heteroatoms. The Kier molecular flexibility index (Phi) is 4.03. The van der Waals surface area contributed by atoms with Crippen LogP contribution in [0.5, 0.6) is 0 Å². The van der Waals surface area contributed by atoms with E-state index in [1.807, 2.05) is 6.92 Å². The van der Waals surface area contributed by atoms with E-state index >= 15 is 0 Å². The van der Waals surface area contributed by atoms with Crippen LogP contribution < -0.4 is 0 Å². The zero-order valence-corrected chi connectivity index (χ0v) is 16.3. The van der Waals surface area contributed by atoms with Crippen molar-refractivity contribution < 1.29 is 0 Å². The Morgan fingerprint density at radius 1 is 1.04 bits per heavy atom. The summed E-state index contributed by atoms with van der Waals surface area (Å²) in [5.74, 6) is 0.403. The maximum atomic E-state index is 4.55. The third-order valence-corrected chi connectivity index (χ3v) is 6.38. The van der Waals surface area contributed by atoms with Crippen molar-refractivity contribution in [2.45, 2.75) is 19.4 Å². The molecule has 1 unspecified atom stereocenters. The second kappa shape index (κ2) is 6.55. The lowest BCUT2D eigenvalue weighted by Gasteiger charge is -2.33. The van der Waals surface area contributed by atoms with E-state index in [1.165, 1.54) is 26.8 Å². The Morgan fingerprint density at radius 3 is 2.81 bits per heavy atom. The van der Waals surface area contributed by atoms with E-state index in [-0.39, 0.29) is 0 Å². The minimum atomic E-state index is 0.403. The van der Waals surface area contributed by atoms with Gasteiger partial charge in [0.25, 0.3) is 0 Å². The Bertz CT molecular complexity index is 1130. The van der Waals surface area contributed by atoms with Crippen molar-refractivity contribution in [3.05, 3.63) is 82.6 Å². The van der Waals surface area contributed by atoms with Crippen LogP contribution in [0.1, 0.15) is 28.3 Å². The van der Waals surface area contributed by atoms with Crippen molar-refractivity contribution in [3.63, 3.8) is 0 Å². The number of hydrogen-bond donors (Lipinski definition) is 0. The summed E-state index contributed by atoms with van der Waals surface area (Å²) in [5.41, 5.74) is 7.33. The quantitative estimate of drug-likeness (QED) is 0.482. The van der Waals surface area contributed by atoms with Gasteiger partial charge in [-0.3, -0.25) is 9.97 Å². The normalized spacial score (nSPS) is 17.2. The molecule has 3 nitrogen and oxygen atoms in total. The number of likely N-dealkylation sites (N-methyl/N-ethyl adjacent to an activating group) is 1. The van der Waals surface area contributed by atoms with Crippen molar-refractivity contribution in [2.24, 2.45) is 0 Å². The molecular formula is C23H21N3S. The van der Waals surface area contributed by atoms with Crippen LogP contribution in [-0.4, -0.2) is 28.5 Å². The number of rotatable bonds is 2. The fourth-order valence-corrected chi connectivity index (χ4v) is 4.94. The van der Waals surface area contributed by atoms with Crippen molar-refractivity contribution in [3.8, 4) is 11.3 Å². The minimum absolute atomic E-state index is 0.403. The molecule has 0 amide bonds. The molecule has 27 heavy (non-hydrogen) atoms. The lowest BCUT2D eigenvalue weighted by atomic mass is 9.83. The number of fused-ring (bicyclic) bond motifs is 2. The highest BCUT2D eigenvalue weighted by atomic mass is 32.1. The third-order valence-electron chi connectivity index (χ3n) is 5.49. The van der Waals surface area contributed by atoms with Gasteiger partial charge in [-0.25, -0.2) is 0 Å². The van der Waals surface area contributed by atoms with Crippen LogP contribution in [-0.2, 0) is 6.54 Å². The van der Waals surface area contributed by atoms with Crippen LogP contribution in [0.25, 0.3) is 21.3 Å². The highest BCUT2D eigenvalue weighted by molar-refractivity contribution is 7.17. The third kappa shape index (κ3) is 2.95. The molecule has 4 aromatic rings. The fraction of sp³-hybridized carbons (Fsp3) is 0.217. The summed E-state index contributed by atoms with van der Waals surface area (Å²) in [4.78, 5) is 11.4. The maximum absolute atomic E-state index is 4.55. The minimum Gasteiger partial charge on any atom is -0.301 e. The molecule has 0 N–H and O–H groups in total. The van der Waals surface area contributed by atoms with Crippen LogP contribution in [0.4, 0.5) is 0 Å². The van der Waals surface area contributed by atoms with Gasteiger partial charge in [-0.05, 0) is 65.7 Å². The molecular weight excluding hydrogens is 350 g/mol. The van der Waals surface area contributed by atoms with E-state index in [1.54, 1.807) is 23.7 Å². The summed E-state index contributed by atoms with van der Waals surface area (Å²) in [7, 11) is 2.21. The predicted octanol–water partition coefficient (Wildman–Crippen LogP) is 5.24. The first-order valence-corrected chi connectivity index (χ1v) is 10.1. The molecule has 0 aliphatic carbocycles. The number of benzene rings is 2. The second-order valence-corrected chi connectivity index (χ2v) is 8.32. The summed E-state index contributed by atoms with van der Waals surface area (Å²) in [6, 6.07) is 16.0. The average molecular weight is 372 g/mol. The SMILES string of the molecule is Cc1nccnc1-c1ccc2c(c1)CN(C)CC2c1ccc2sccc2c1. The summed E-state index contributed by atoms with van der Waals surface area (Å²) in [6.45, 7) is 4.04. The summed E-state index contributed by atoms with van der Waals surface area (Å²) < 4.78 is 1.36. The molecule has 1 atom stereocenters. The Balaban J connectivity index is 1.60. The van der Waals surface area contributed by atoms with E-state index in [0.717, 1.165) is 30.0 Å². The lowest BCUT2D eigenvalue weighted by molar-refractivity contribution is 0.295. The molecule has 2 aromatic carbocycles. The van der Waals surface area contributed by atoms with E-state index in [9.17, 15) is 0 Å². The van der Waals surface area contributed by atoms with Crippen LogP contribution in [0.3, 0.4) is 0 Å². The number of nitrogens with zero attached hydrogens (tertiary/aromatic N) is 3. The van der Waals surface area contributed by atoms with Crippen molar-refractivity contribution in [2.75, 3.05) is 13.6 Å². The average Bonchev–Trinajstić information content (AvgIpc) is 3.15. The first-order valence-electron chi connectivity index (χ1n) is 9.25. The van der Waals surface area contributed by atoms with E-state index < -0.39 is 0 Å². The highest BCUT2D eigenvalue weighted by Crippen LogP contribution is 2.36. The largest absolute Gasteiger partial charge is 0.301 e. The Labute approximate surface area is 163 Å². The molecule has 0 spiro atoms. The first-order chi connectivity index (χ1) is 13.2. The molecule has 0 saturated carbocycles. The lowest BCUT2D eigenvalue weighted by Crippen LogP contribution is -2.31. The number of hydrogen-bond acceptors (Lipinski definition) is 4. The molecule has 1 aliphatic rings. The highest BCUT2D eigenvalue weighted by Gasteiger charge is 2.25. The topological polar surface area (TPSA) is 29.0 Å². The summed E-state index contributed by atoms with van der Waals surface area (Å²) in [6.07, 6.45) is 3.52. The van der Waals surface area contributed by atoms with Crippen molar-refractivity contribution in [1.82, 2.24) is 14.9 Å². The summed E-state index contributed by atoms with van der Waals surface area (Å²) in [5, 5.41) is 3.52. The molecule has 0 bridgehead atoms. The summed E-state index contributed by atoms with van der Waals surface area (Å²) >= 11 is 1.81. The molecule has 5 rings (SSSR count). The van der Waals surface area contributed by atoms with Crippen LogP contribution in [0.2, 0.25) is 0 Å². The molecule has 1 aliphatic heterocycles. The van der Waals surface area contributed by atoms with Crippen LogP contribution in [0.15, 0.2) is 60.2 Å². The molecule has 0 radical (unpaired) electrons. The van der Waals surface area contributed by atoms with Crippen LogP contribution in [0, 0.1) is 6.92 Å².